The van der Waals surface area contributed by atoms with E-state index in [9.17, 15) is 0 Å². The number of ether oxygens (including phenoxy) is 1. The summed E-state index contributed by atoms with van der Waals surface area (Å²) < 4.78 is 4.85. The molecule has 0 spiro atoms. The van der Waals surface area contributed by atoms with E-state index in [-0.39, 0.29) is 0 Å². The minimum absolute atomic E-state index is 0.382. The van der Waals surface area contributed by atoms with Crippen LogP contribution >= 0.6 is 0 Å². The fraction of sp³-hybridized carbons (Fsp3) is 0.200. The molecule has 8 heavy (non-hydrogen) atoms. The first kappa shape index (κ1) is 5.03. The first-order valence-corrected chi connectivity index (χ1v) is 2.30. The van der Waals surface area contributed by atoms with Gasteiger partial charge >= 0.3 is 0 Å². The lowest BCUT2D eigenvalue weighted by atomic mass is 10.4. The second-order valence-electron chi connectivity index (χ2n) is 1.36. The van der Waals surface area contributed by atoms with E-state index >= 15 is 0 Å². The predicted octanol–water partition coefficient (Wildman–Crippen LogP) is 1.45. The van der Waals surface area contributed by atoms with E-state index in [0.717, 1.165) is 0 Å². The summed E-state index contributed by atoms with van der Waals surface area (Å²) in [7, 11) is 0. The van der Waals surface area contributed by atoms with Crippen LogP contribution in [0.3, 0.4) is 0 Å². The van der Waals surface area contributed by atoms with Gasteiger partial charge in [-0.05, 0) is 6.08 Å². The molecule has 0 saturated heterocycles. The van der Waals surface area contributed by atoms with Gasteiger partial charge in [0.2, 0.25) is 5.88 Å². The topological polar surface area (TPSA) is 45.4 Å². The molecular weight excluding hydrogens is 104 g/mol. The van der Waals surface area contributed by atoms with Crippen molar-refractivity contribution in [1.82, 2.24) is 0 Å². The number of nitrogens with one attached hydrogen (secondary N) is 1. The quantitative estimate of drug-likeness (QED) is 0.510. The molecule has 0 aliphatic carbocycles. The summed E-state index contributed by atoms with van der Waals surface area (Å²) in [6.45, 7) is 0.536. The van der Waals surface area contributed by atoms with Crippen LogP contribution in [0.5, 0.6) is 0 Å². The second kappa shape index (κ2) is 2.26. The molecule has 0 aromatic heterocycles. The van der Waals surface area contributed by atoms with Crippen molar-refractivity contribution in [1.29, 1.82) is 5.53 Å². The second-order valence-corrected chi connectivity index (χ2v) is 1.36. The third-order valence-electron chi connectivity index (χ3n) is 0.813. The molecule has 1 heterocycles. The lowest BCUT2D eigenvalue weighted by molar-refractivity contribution is 0.236. The normalized spacial score (nSPS) is 16.8. The molecule has 0 radical (unpaired) electrons. The van der Waals surface area contributed by atoms with Crippen molar-refractivity contribution in [3.05, 3.63) is 24.1 Å². The number of rotatable bonds is 1. The molecule has 0 aromatic carbocycles. The maximum atomic E-state index is 6.49. The van der Waals surface area contributed by atoms with E-state index < -0.39 is 0 Å². The van der Waals surface area contributed by atoms with E-state index in [1.807, 2.05) is 12.2 Å². The van der Waals surface area contributed by atoms with Gasteiger partial charge in [0.25, 0.3) is 0 Å². The Morgan fingerprint density at radius 1 is 1.75 bits per heavy atom. The monoisotopic (exact) mass is 110 g/mol. The molecule has 1 N–H and O–H groups in total. The molecule has 0 fully saturated rings. The lowest BCUT2D eigenvalue weighted by Gasteiger charge is -2.02. The van der Waals surface area contributed by atoms with Gasteiger partial charge in [-0.25, -0.2) is 5.53 Å². The summed E-state index contributed by atoms with van der Waals surface area (Å²) in [6.07, 6.45) is 5.32. The summed E-state index contributed by atoms with van der Waals surface area (Å²) in [4.78, 5) is 0. The number of nitrogens with zero attached hydrogens (tertiary/aromatic N) is 1. The highest BCUT2D eigenvalue weighted by molar-refractivity contribution is 5.09. The summed E-state index contributed by atoms with van der Waals surface area (Å²) >= 11 is 0. The molecule has 3 nitrogen and oxygen atoms in total. The van der Waals surface area contributed by atoms with Crippen LogP contribution in [0.2, 0.25) is 0 Å². The van der Waals surface area contributed by atoms with Gasteiger partial charge in [-0.3, -0.25) is 0 Å². The number of hydrogen-bond acceptors (Lipinski definition) is 3. The van der Waals surface area contributed by atoms with Crippen LogP contribution in [-0.2, 0) is 4.74 Å². The maximum absolute atomic E-state index is 6.49. The Kier molecular flexibility index (Phi) is 1.42. The van der Waals surface area contributed by atoms with Gasteiger partial charge in [0.05, 0.1) is 0 Å². The molecule has 42 valence electrons. The van der Waals surface area contributed by atoms with Gasteiger partial charge < -0.3 is 4.74 Å². The van der Waals surface area contributed by atoms with Crippen LogP contribution in [0.15, 0.2) is 29.2 Å². The fourth-order valence-corrected chi connectivity index (χ4v) is 0.457. The van der Waals surface area contributed by atoms with E-state index in [1.54, 1.807) is 6.08 Å². The summed E-state index contributed by atoms with van der Waals surface area (Å²) in [5.41, 5.74) is 6.49. The molecule has 0 bridgehead atoms. The Morgan fingerprint density at radius 2 is 2.62 bits per heavy atom. The molecule has 0 saturated carbocycles. The Bertz CT molecular complexity index is 149. The van der Waals surface area contributed by atoms with Gasteiger partial charge in [-0.1, -0.05) is 6.08 Å². The lowest BCUT2D eigenvalue weighted by Crippen LogP contribution is -1.91. The third-order valence-corrected chi connectivity index (χ3v) is 0.813. The molecular formula is C5H6N2O. The van der Waals surface area contributed by atoms with Crippen molar-refractivity contribution < 1.29 is 4.74 Å². The number of allylic oxidation sites excluding steroid dienone is 2. The van der Waals surface area contributed by atoms with Crippen molar-refractivity contribution in [3.8, 4) is 0 Å². The molecule has 0 aromatic rings. The average Bonchev–Trinajstić information content (AvgIpc) is 1.90. The SMILES string of the molecule is N=NC1=CC=CCO1. The van der Waals surface area contributed by atoms with E-state index in [4.69, 9.17) is 10.3 Å². The van der Waals surface area contributed by atoms with Crippen LogP contribution in [0.25, 0.3) is 0 Å². The first-order chi connectivity index (χ1) is 3.93. The molecule has 3 heteroatoms. The standard InChI is InChI=1S/C5H6N2O/c6-7-5-3-1-2-4-8-5/h1-3,6H,4H2. The smallest absolute Gasteiger partial charge is 0.232 e. The van der Waals surface area contributed by atoms with Gasteiger partial charge in [0.1, 0.15) is 6.61 Å². The van der Waals surface area contributed by atoms with Crippen LogP contribution < -0.4 is 0 Å². The maximum Gasteiger partial charge on any atom is 0.232 e. The van der Waals surface area contributed by atoms with Crippen LogP contribution in [0, 0.1) is 5.53 Å². The Hall–Kier alpha value is -1.12. The molecule has 0 unspecified atom stereocenters. The highest BCUT2D eigenvalue weighted by atomic mass is 16.5. The van der Waals surface area contributed by atoms with E-state index in [0.29, 0.717) is 12.5 Å². The minimum Gasteiger partial charge on any atom is -0.472 e. The highest BCUT2D eigenvalue weighted by Gasteiger charge is 1.93. The predicted molar refractivity (Wildman–Crippen MR) is 28.3 cm³/mol. The van der Waals surface area contributed by atoms with E-state index in [1.165, 1.54) is 0 Å². The van der Waals surface area contributed by atoms with Crippen LogP contribution in [0.4, 0.5) is 0 Å². The Morgan fingerprint density at radius 3 is 3.00 bits per heavy atom. The summed E-state index contributed by atoms with van der Waals surface area (Å²) in [5, 5.41) is 3.09. The highest BCUT2D eigenvalue weighted by Crippen LogP contribution is 2.02. The van der Waals surface area contributed by atoms with Crippen LogP contribution in [0.1, 0.15) is 0 Å². The van der Waals surface area contributed by atoms with E-state index in [2.05, 4.69) is 5.11 Å². The fourth-order valence-electron chi connectivity index (χ4n) is 0.457. The number of hydrogen-bond donors (Lipinski definition) is 1. The van der Waals surface area contributed by atoms with Crippen LogP contribution in [-0.4, -0.2) is 6.61 Å². The van der Waals surface area contributed by atoms with Crippen molar-refractivity contribution in [2.75, 3.05) is 6.61 Å². The Labute approximate surface area is 47.2 Å². The summed E-state index contributed by atoms with van der Waals surface area (Å²) in [5.74, 6) is 0.382. The van der Waals surface area contributed by atoms with Gasteiger partial charge in [0, 0.05) is 6.08 Å². The zero-order valence-corrected chi connectivity index (χ0v) is 4.29. The van der Waals surface area contributed by atoms with Crippen molar-refractivity contribution >= 4 is 0 Å². The third kappa shape index (κ3) is 0.932. The largest absolute Gasteiger partial charge is 0.472 e. The molecule has 1 aliphatic rings. The minimum atomic E-state index is 0.382. The molecule has 0 atom stereocenters. The molecule has 1 rings (SSSR count). The average molecular weight is 110 g/mol. The Balaban J connectivity index is 2.63. The van der Waals surface area contributed by atoms with Crippen molar-refractivity contribution in [2.24, 2.45) is 5.11 Å². The van der Waals surface area contributed by atoms with Gasteiger partial charge in [-0.15, -0.1) is 5.11 Å². The van der Waals surface area contributed by atoms with Gasteiger partial charge in [-0.2, -0.15) is 0 Å². The van der Waals surface area contributed by atoms with Gasteiger partial charge in [0.15, 0.2) is 0 Å². The first-order valence-electron chi connectivity index (χ1n) is 2.30. The molecule has 1 aliphatic heterocycles. The zero-order chi connectivity index (χ0) is 5.82. The zero-order valence-electron chi connectivity index (χ0n) is 4.29. The van der Waals surface area contributed by atoms with Crippen molar-refractivity contribution in [2.45, 2.75) is 0 Å². The van der Waals surface area contributed by atoms with Crippen molar-refractivity contribution in [3.63, 3.8) is 0 Å². The summed E-state index contributed by atoms with van der Waals surface area (Å²) in [6, 6.07) is 0. The molecule has 0 amide bonds.